The largest absolute Gasteiger partial charge is 0.491 e. The van der Waals surface area contributed by atoms with E-state index < -0.39 is 18.3 Å². The number of anilines is 1. The standard InChI is InChI=1S/C28H23F3N2O2/c29-28(30,31)33(27(35)25-12-5-4-11-24(25)20-8-2-1-3-9-20)23-16-13-21(14-17-23)26(34)18-15-22-10-6-7-19-32-22/h1-14,16-17,19,26,34H,15,18H2. The lowest BCUT2D eigenvalue weighted by Crippen LogP contribution is -2.43. The van der Waals surface area contributed by atoms with Gasteiger partial charge in [-0.05, 0) is 59.9 Å². The fourth-order valence-corrected chi connectivity index (χ4v) is 3.88. The molecule has 0 aliphatic rings. The van der Waals surface area contributed by atoms with Crippen LogP contribution in [0.3, 0.4) is 0 Å². The predicted octanol–water partition coefficient (Wildman–Crippen LogP) is 6.58. The van der Waals surface area contributed by atoms with Crippen molar-refractivity contribution >= 4 is 11.6 Å². The van der Waals surface area contributed by atoms with Gasteiger partial charge in [-0.1, -0.05) is 66.7 Å². The number of aryl methyl sites for hydroxylation is 1. The van der Waals surface area contributed by atoms with Crippen molar-refractivity contribution in [3.05, 3.63) is 120 Å². The molecule has 0 aliphatic carbocycles. The number of nitrogens with zero attached hydrogens (tertiary/aromatic N) is 2. The first-order chi connectivity index (χ1) is 16.8. The third-order valence-electron chi connectivity index (χ3n) is 5.64. The third kappa shape index (κ3) is 5.75. The Balaban J connectivity index is 1.59. The fourth-order valence-electron chi connectivity index (χ4n) is 3.88. The zero-order chi connectivity index (χ0) is 24.8. The molecule has 1 aromatic heterocycles. The summed E-state index contributed by atoms with van der Waals surface area (Å²) in [7, 11) is 0. The van der Waals surface area contributed by atoms with Crippen LogP contribution in [0.25, 0.3) is 11.1 Å². The summed E-state index contributed by atoms with van der Waals surface area (Å²) in [6, 6.07) is 25.7. The second-order valence-electron chi connectivity index (χ2n) is 7.99. The maximum absolute atomic E-state index is 14.1. The van der Waals surface area contributed by atoms with Gasteiger partial charge in [0, 0.05) is 17.5 Å². The van der Waals surface area contributed by atoms with Gasteiger partial charge in [0.25, 0.3) is 5.91 Å². The van der Waals surface area contributed by atoms with Crippen molar-refractivity contribution in [1.82, 2.24) is 4.98 Å². The van der Waals surface area contributed by atoms with Gasteiger partial charge in [-0.15, -0.1) is 13.2 Å². The Hall–Kier alpha value is -3.97. The molecule has 4 nitrogen and oxygen atoms in total. The van der Waals surface area contributed by atoms with Gasteiger partial charge >= 0.3 is 6.30 Å². The van der Waals surface area contributed by atoms with Crippen LogP contribution < -0.4 is 4.90 Å². The van der Waals surface area contributed by atoms with E-state index in [0.29, 0.717) is 29.5 Å². The van der Waals surface area contributed by atoms with E-state index in [1.54, 1.807) is 54.7 Å². The first-order valence-corrected chi connectivity index (χ1v) is 11.1. The molecule has 0 fully saturated rings. The number of aromatic nitrogens is 1. The van der Waals surface area contributed by atoms with Crippen molar-refractivity contribution in [3.63, 3.8) is 0 Å². The Kier molecular flexibility index (Phi) is 7.27. The topological polar surface area (TPSA) is 53.4 Å². The van der Waals surface area contributed by atoms with Gasteiger partial charge in [0.2, 0.25) is 0 Å². The Bertz CT molecular complexity index is 1260. The Morgan fingerprint density at radius 3 is 2.17 bits per heavy atom. The second-order valence-corrected chi connectivity index (χ2v) is 7.99. The highest BCUT2D eigenvalue weighted by Gasteiger charge is 2.43. The number of pyridine rings is 1. The minimum atomic E-state index is -4.94. The molecule has 1 N–H and O–H groups in total. The van der Waals surface area contributed by atoms with Crippen molar-refractivity contribution in [3.8, 4) is 11.1 Å². The number of aliphatic hydroxyl groups excluding tert-OH is 1. The lowest BCUT2D eigenvalue weighted by Gasteiger charge is -2.26. The lowest BCUT2D eigenvalue weighted by molar-refractivity contribution is -0.122. The van der Waals surface area contributed by atoms with Crippen LogP contribution in [0.1, 0.15) is 34.1 Å². The molecule has 35 heavy (non-hydrogen) atoms. The number of rotatable bonds is 7. The molecular formula is C28H23F3N2O2. The number of hydrogen-bond acceptors (Lipinski definition) is 3. The molecule has 0 aliphatic heterocycles. The van der Waals surface area contributed by atoms with Crippen LogP contribution in [0, 0.1) is 0 Å². The van der Waals surface area contributed by atoms with Crippen LogP contribution >= 0.6 is 0 Å². The molecule has 1 amide bonds. The third-order valence-corrected chi connectivity index (χ3v) is 5.64. The minimum absolute atomic E-state index is 0.0597. The monoisotopic (exact) mass is 476 g/mol. The van der Waals surface area contributed by atoms with Gasteiger partial charge in [0.15, 0.2) is 0 Å². The number of amides is 1. The van der Waals surface area contributed by atoms with E-state index >= 15 is 0 Å². The summed E-state index contributed by atoms with van der Waals surface area (Å²) in [5.74, 6) is -1.18. The minimum Gasteiger partial charge on any atom is -0.388 e. The number of aliphatic hydroxyl groups is 1. The number of alkyl halides is 3. The molecule has 0 bridgehead atoms. The molecule has 0 radical (unpaired) electrons. The van der Waals surface area contributed by atoms with E-state index in [-0.39, 0.29) is 16.2 Å². The Morgan fingerprint density at radius 2 is 1.51 bits per heavy atom. The summed E-state index contributed by atoms with van der Waals surface area (Å²) in [5, 5.41) is 10.5. The van der Waals surface area contributed by atoms with Crippen molar-refractivity contribution in [2.45, 2.75) is 25.2 Å². The molecule has 178 valence electrons. The van der Waals surface area contributed by atoms with E-state index in [2.05, 4.69) is 4.98 Å². The van der Waals surface area contributed by atoms with Gasteiger partial charge in [-0.2, -0.15) is 0 Å². The first-order valence-electron chi connectivity index (χ1n) is 11.1. The first kappa shape index (κ1) is 24.2. The van der Waals surface area contributed by atoms with Crippen LogP contribution in [-0.4, -0.2) is 22.3 Å². The Labute approximate surface area is 201 Å². The summed E-state index contributed by atoms with van der Waals surface area (Å²) in [4.78, 5) is 17.3. The van der Waals surface area contributed by atoms with Gasteiger partial charge in [0.1, 0.15) is 0 Å². The highest BCUT2D eigenvalue weighted by atomic mass is 19.4. The van der Waals surface area contributed by atoms with E-state index in [4.69, 9.17) is 0 Å². The summed E-state index contributed by atoms with van der Waals surface area (Å²) in [6.45, 7) is 0. The van der Waals surface area contributed by atoms with Crippen LogP contribution in [0.5, 0.6) is 0 Å². The molecule has 7 heteroatoms. The highest BCUT2D eigenvalue weighted by Crippen LogP contribution is 2.34. The summed E-state index contributed by atoms with van der Waals surface area (Å²) in [5.41, 5.74) is 1.94. The van der Waals surface area contributed by atoms with Crippen LogP contribution in [0.2, 0.25) is 0 Å². The molecule has 3 aromatic carbocycles. The van der Waals surface area contributed by atoms with E-state index in [9.17, 15) is 23.1 Å². The lowest BCUT2D eigenvalue weighted by atomic mass is 9.98. The average molecular weight is 476 g/mol. The van der Waals surface area contributed by atoms with Gasteiger partial charge in [-0.25, -0.2) is 4.90 Å². The molecular weight excluding hydrogens is 453 g/mol. The molecule has 4 rings (SSSR count). The summed E-state index contributed by atoms with van der Waals surface area (Å²) in [6.07, 6.45) is -3.27. The van der Waals surface area contributed by atoms with E-state index in [0.717, 1.165) is 5.69 Å². The molecule has 4 aromatic rings. The fraction of sp³-hybridized carbons (Fsp3) is 0.143. The zero-order valence-corrected chi connectivity index (χ0v) is 18.7. The van der Waals surface area contributed by atoms with Crippen LogP contribution in [0.4, 0.5) is 18.9 Å². The molecule has 0 spiro atoms. The molecule has 1 heterocycles. The number of halogens is 3. The number of carbonyl (C=O) groups excluding carboxylic acids is 1. The normalized spacial score (nSPS) is 12.2. The molecule has 1 unspecified atom stereocenters. The van der Waals surface area contributed by atoms with Crippen molar-refractivity contribution in [2.24, 2.45) is 0 Å². The quantitative estimate of drug-likeness (QED) is 0.307. The van der Waals surface area contributed by atoms with Crippen LogP contribution in [0.15, 0.2) is 103 Å². The van der Waals surface area contributed by atoms with Crippen LogP contribution in [-0.2, 0) is 6.42 Å². The maximum atomic E-state index is 14.1. The highest BCUT2D eigenvalue weighted by molar-refractivity contribution is 6.10. The van der Waals surface area contributed by atoms with Gasteiger partial charge < -0.3 is 5.11 Å². The smallest absolute Gasteiger partial charge is 0.388 e. The van der Waals surface area contributed by atoms with Crippen molar-refractivity contribution in [1.29, 1.82) is 0 Å². The van der Waals surface area contributed by atoms with E-state index in [1.165, 1.54) is 36.4 Å². The number of hydrogen-bond donors (Lipinski definition) is 1. The summed E-state index contributed by atoms with van der Waals surface area (Å²) >= 11 is 0. The van der Waals surface area contributed by atoms with Gasteiger partial charge in [-0.3, -0.25) is 9.78 Å². The van der Waals surface area contributed by atoms with E-state index in [1.807, 2.05) is 12.1 Å². The van der Waals surface area contributed by atoms with Crippen molar-refractivity contribution in [2.75, 3.05) is 4.90 Å². The Morgan fingerprint density at radius 1 is 0.857 bits per heavy atom. The molecule has 0 saturated heterocycles. The molecule has 0 saturated carbocycles. The average Bonchev–Trinajstić information content (AvgIpc) is 2.88. The zero-order valence-electron chi connectivity index (χ0n) is 18.7. The SMILES string of the molecule is O=C(c1ccccc1-c1ccccc1)N(c1ccc(C(O)CCc2ccccn2)cc1)C(F)(F)F. The van der Waals surface area contributed by atoms with Crippen molar-refractivity contribution < 1.29 is 23.1 Å². The van der Waals surface area contributed by atoms with Gasteiger partial charge in [0.05, 0.1) is 11.8 Å². The maximum Gasteiger partial charge on any atom is 0.491 e. The number of benzene rings is 3. The molecule has 1 atom stereocenters. The number of carbonyl (C=O) groups is 1. The second kappa shape index (κ2) is 10.5. The summed E-state index contributed by atoms with van der Waals surface area (Å²) < 4.78 is 42.3. The predicted molar refractivity (Wildman–Crippen MR) is 129 cm³/mol.